The number of hydrogen-bond donors (Lipinski definition) is 1. The Morgan fingerprint density at radius 3 is 2.57 bits per heavy atom. The molecule has 0 aromatic rings. The maximum atomic E-state index is 12.0. The Kier molecular flexibility index (Phi) is 2.75. The van der Waals surface area contributed by atoms with Gasteiger partial charge >= 0.3 is 0 Å². The smallest absolute Gasteiger partial charge is 0.155 e. The zero-order chi connectivity index (χ0) is 16.0. The molecule has 4 saturated carbocycles. The molecule has 4 fully saturated rings. The molecule has 23 heavy (non-hydrogen) atoms. The highest BCUT2D eigenvalue weighted by molar-refractivity contribution is 5.91. The highest BCUT2D eigenvalue weighted by Crippen LogP contribution is 2.71. The van der Waals surface area contributed by atoms with Crippen molar-refractivity contribution in [2.45, 2.75) is 77.2 Å². The van der Waals surface area contributed by atoms with E-state index in [4.69, 9.17) is 5.73 Å². The van der Waals surface area contributed by atoms with Crippen LogP contribution in [0.3, 0.4) is 0 Å². The lowest BCUT2D eigenvalue weighted by Crippen LogP contribution is -2.56. The van der Waals surface area contributed by atoms with Crippen LogP contribution in [0.25, 0.3) is 0 Å². The summed E-state index contributed by atoms with van der Waals surface area (Å²) in [5.74, 6) is 3.66. The standard InChI is InChI=1S/C21H31NO/c1-19-7-5-14-15-4-3-13(23)11-18(15)21(9-10-21)12-16(14)17(19)6-8-20(19,2)22/h11,14-17H,3-10,12,22H2,1-2H3/t14-,15-,16-,17+,19+,20+/m1/s1. The van der Waals surface area contributed by atoms with E-state index in [0.29, 0.717) is 16.6 Å². The van der Waals surface area contributed by atoms with Gasteiger partial charge in [-0.2, -0.15) is 0 Å². The second-order valence-corrected chi connectivity index (χ2v) is 10.0. The summed E-state index contributed by atoms with van der Waals surface area (Å²) in [6.07, 6.45) is 13.3. The second-order valence-electron chi connectivity index (χ2n) is 10.0. The van der Waals surface area contributed by atoms with Crippen LogP contribution in [0, 0.1) is 34.5 Å². The van der Waals surface area contributed by atoms with Gasteiger partial charge in [0.2, 0.25) is 0 Å². The van der Waals surface area contributed by atoms with Crippen molar-refractivity contribution in [3.63, 3.8) is 0 Å². The van der Waals surface area contributed by atoms with Gasteiger partial charge in [0, 0.05) is 12.0 Å². The zero-order valence-corrected chi connectivity index (χ0v) is 14.7. The number of rotatable bonds is 0. The SMILES string of the molecule is C[C@]1(N)CC[C@H]2[C@@H]3CC4(CC4)C4=CC(=O)CC[C@@H]4[C@H]3CC[C@@]21C. The Hall–Kier alpha value is -0.630. The molecule has 0 bridgehead atoms. The monoisotopic (exact) mass is 313 g/mol. The van der Waals surface area contributed by atoms with E-state index in [0.717, 1.165) is 36.5 Å². The average Bonchev–Trinajstić information content (AvgIpc) is 3.22. The van der Waals surface area contributed by atoms with Gasteiger partial charge in [-0.05, 0) is 98.9 Å². The molecule has 0 aromatic heterocycles. The van der Waals surface area contributed by atoms with Gasteiger partial charge in [-0.3, -0.25) is 4.79 Å². The van der Waals surface area contributed by atoms with Gasteiger partial charge in [0.05, 0.1) is 0 Å². The van der Waals surface area contributed by atoms with Crippen molar-refractivity contribution in [3.05, 3.63) is 11.6 Å². The van der Waals surface area contributed by atoms with E-state index in [9.17, 15) is 4.79 Å². The average molecular weight is 313 g/mol. The summed E-state index contributed by atoms with van der Waals surface area (Å²) in [5, 5.41) is 0. The fourth-order valence-corrected chi connectivity index (χ4v) is 7.42. The molecule has 2 N–H and O–H groups in total. The third-order valence-corrected chi connectivity index (χ3v) is 9.19. The first-order valence-corrected chi connectivity index (χ1v) is 9.90. The topological polar surface area (TPSA) is 43.1 Å². The lowest BCUT2D eigenvalue weighted by atomic mass is 9.48. The predicted molar refractivity (Wildman–Crippen MR) is 91.7 cm³/mol. The van der Waals surface area contributed by atoms with Crippen LogP contribution in [0.4, 0.5) is 0 Å². The number of carbonyl (C=O) groups excluding carboxylic acids is 1. The van der Waals surface area contributed by atoms with E-state index in [1.807, 2.05) is 0 Å². The van der Waals surface area contributed by atoms with Crippen LogP contribution in [0.1, 0.15) is 71.6 Å². The van der Waals surface area contributed by atoms with Crippen LogP contribution in [0.5, 0.6) is 0 Å². The van der Waals surface area contributed by atoms with Crippen molar-refractivity contribution in [2.75, 3.05) is 0 Å². The highest BCUT2D eigenvalue weighted by atomic mass is 16.1. The summed E-state index contributed by atoms with van der Waals surface area (Å²) < 4.78 is 0. The fraction of sp³-hybridized carbons (Fsp3) is 0.857. The Bertz CT molecular complexity index is 599. The van der Waals surface area contributed by atoms with Gasteiger partial charge in [0.25, 0.3) is 0 Å². The first kappa shape index (κ1) is 14.7. The van der Waals surface area contributed by atoms with Crippen molar-refractivity contribution >= 4 is 5.78 Å². The van der Waals surface area contributed by atoms with E-state index in [1.54, 1.807) is 5.57 Å². The molecule has 5 rings (SSSR count). The molecule has 0 heterocycles. The van der Waals surface area contributed by atoms with Crippen LogP contribution in [0.2, 0.25) is 0 Å². The van der Waals surface area contributed by atoms with Gasteiger partial charge in [-0.25, -0.2) is 0 Å². The molecule has 0 aromatic carbocycles. The van der Waals surface area contributed by atoms with E-state index in [1.165, 1.54) is 44.9 Å². The number of ketones is 1. The highest BCUT2D eigenvalue weighted by Gasteiger charge is 2.64. The number of fused-ring (bicyclic) bond motifs is 6. The van der Waals surface area contributed by atoms with Gasteiger partial charge in [0.15, 0.2) is 5.78 Å². The minimum Gasteiger partial charge on any atom is -0.325 e. The molecule has 5 aliphatic carbocycles. The Balaban J connectivity index is 1.54. The molecule has 1 spiro atoms. The fourth-order valence-electron chi connectivity index (χ4n) is 7.42. The minimum atomic E-state index is 0.0258. The molecule has 0 unspecified atom stereocenters. The summed E-state index contributed by atoms with van der Waals surface area (Å²) in [6, 6.07) is 0. The van der Waals surface area contributed by atoms with Crippen molar-refractivity contribution < 1.29 is 4.79 Å². The van der Waals surface area contributed by atoms with Gasteiger partial charge < -0.3 is 5.73 Å². The molecule has 5 aliphatic rings. The molecule has 0 saturated heterocycles. The summed E-state index contributed by atoms with van der Waals surface area (Å²) in [5.41, 5.74) is 9.16. The van der Waals surface area contributed by atoms with Crippen LogP contribution < -0.4 is 5.73 Å². The lowest BCUT2D eigenvalue weighted by molar-refractivity contribution is -0.116. The maximum Gasteiger partial charge on any atom is 0.155 e. The molecule has 2 nitrogen and oxygen atoms in total. The van der Waals surface area contributed by atoms with E-state index >= 15 is 0 Å². The molecule has 2 heteroatoms. The maximum absolute atomic E-state index is 12.0. The predicted octanol–water partition coefficient (Wildman–Crippen LogP) is 4.24. The molecule has 0 aliphatic heterocycles. The van der Waals surface area contributed by atoms with Crippen molar-refractivity contribution in [1.29, 1.82) is 0 Å². The zero-order valence-electron chi connectivity index (χ0n) is 14.7. The molecule has 6 atom stereocenters. The Labute approximate surface area is 140 Å². The molecule has 126 valence electrons. The van der Waals surface area contributed by atoms with Crippen molar-refractivity contribution in [3.8, 4) is 0 Å². The van der Waals surface area contributed by atoms with Gasteiger partial charge in [0.1, 0.15) is 0 Å². The molecular formula is C21H31NO. The largest absolute Gasteiger partial charge is 0.325 e. The summed E-state index contributed by atoms with van der Waals surface area (Å²) >= 11 is 0. The van der Waals surface area contributed by atoms with E-state index < -0.39 is 0 Å². The van der Waals surface area contributed by atoms with Crippen LogP contribution in [-0.4, -0.2) is 11.3 Å². The normalized spacial score (nSPS) is 53.3. The molecule has 0 radical (unpaired) electrons. The number of allylic oxidation sites excluding steroid dienone is 1. The third-order valence-electron chi connectivity index (χ3n) is 9.19. The van der Waals surface area contributed by atoms with Crippen LogP contribution in [0.15, 0.2) is 11.6 Å². The Morgan fingerprint density at radius 2 is 1.83 bits per heavy atom. The molecule has 0 amide bonds. The second kappa shape index (κ2) is 4.31. The number of hydrogen-bond acceptors (Lipinski definition) is 2. The number of nitrogens with two attached hydrogens (primary N) is 1. The van der Waals surface area contributed by atoms with E-state index in [-0.39, 0.29) is 5.54 Å². The molecular weight excluding hydrogens is 282 g/mol. The first-order valence-electron chi connectivity index (χ1n) is 9.90. The van der Waals surface area contributed by atoms with Crippen molar-refractivity contribution in [1.82, 2.24) is 0 Å². The van der Waals surface area contributed by atoms with E-state index in [2.05, 4.69) is 19.9 Å². The third kappa shape index (κ3) is 1.77. The Morgan fingerprint density at radius 1 is 1.04 bits per heavy atom. The van der Waals surface area contributed by atoms with Crippen molar-refractivity contribution in [2.24, 2.45) is 40.2 Å². The summed E-state index contributed by atoms with van der Waals surface area (Å²) in [7, 11) is 0. The summed E-state index contributed by atoms with van der Waals surface area (Å²) in [4.78, 5) is 12.0. The summed E-state index contributed by atoms with van der Waals surface area (Å²) in [6.45, 7) is 4.81. The first-order chi connectivity index (χ1) is 10.9. The van der Waals surface area contributed by atoms with Crippen LogP contribution in [-0.2, 0) is 4.79 Å². The van der Waals surface area contributed by atoms with Gasteiger partial charge in [-0.1, -0.05) is 12.5 Å². The lowest BCUT2D eigenvalue weighted by Gasteiger charge is -2.57. The number of carbonyl (C=O) groups is 1. The van der Waals surface area contributed by atoms with Gasteiger partial charge in [-0.15, -0.1) is 0 Å². The van der Waals surface area contributed by atoms with Crippen LogP contribution >= 0.6 is 0 Å². The quantitative estimate of drug-likeness (QED) is 0.727. The minimum absolute atomic E-state index is 0.0258.